The van der Waals surface area contributed by atoms with Crippen molar-refractivity contribution in [2.45, 2.75) is 38.1 Å². The molecule has 0 spiro atoms. The molecule has 2 rings (SSSR count). The Hall–Kier alpha value is -2.04. The van der Waals surface area contributed by atoms with E-state index in [0.717, 1.165) is 17.7 Å². The molecule has 0 radical (unpaired) electrons. The molecule has 1 atom stereocenters. The molecule has 1 fully saturated rings. The van der Waals surface area contributed by atoms with E-state index in [1.165, 1.54) is 7.11 Å². The van der Waals surface area contributed by atoms with Crippen LogP contribution in [0.4, 0.5) is 0 Å². The zero-order chi connectivity index (χ0) is 16.2. The van der Waals surface area contributed by atoms with E-state index in [9.17, 15) is 9.59 Å². The summed E-state index contributed by atoms with van der Waals surface area (Å²) in [7, 11) is 2.98. The van der Waals surface area contributed by atoms with Gasteiger partial charge < -0.3 is 14.4 Å². The average Bonchev–Trinajstić information content (AvgIpc) is 2.95. The summed E-state index contributed by atoms with van der Waals surface area (Å²) in [6.07, 6.45) is 2.43. The Morgan fingerprint density at radius 2 is 2.00 bits per heavy atom. The Bertz CT molecular complexity index is 557. The summed E-state index contributed by atoms with van der Waals surface area (Å²) in [5.74, 6) is 0.430. The first-order valence-corrected chi connectivity index (χ1v) is 7.53. The fourth-order valence-corrected chi connectivity index (χ4v) is 3.08. The molecule has 0 aromatic heterocycles. The summed E-state index contributed by atoms with van der Waals surface area (Å²) in [5.41, 5.74) is 0.171. The second-order valence-corrected chi connectivity index (χ2v) is 5.73. The van der Waals surface area contributed by atoms with Crippen LogP contribution in [0.2, 0.25) is 0 Å². The minimum absolute atomic E-state index is 0.0173. The van der Waals surface area contributed by atoms with Crippen molar-refractivity contribution in [2.24, 2.45) is 0 Å². The van der Waals surface area contributed by atoms with Crippen LogP contribution >= 0.6 is 0 Å². The van der Waals surface area contributed by atoms with E-state index < -0.39 is 5.54 Å². The van der Waals surface area contributed by atoms with Gasteiger partial charge in [0.25, 0.3) is 0 Å². The van der Waals surface area contributed by atoms with Gasteiger partial charge >= 0.3 is 5.97 Å². The van der Waals surface area contributed by atoms with E-state index in [1.54, 1.807) is 18.9 Å². The molecule has 1 aromatic carbocycles. The highest BCUT2D eigenvalue weighted by Crippen LogP contribution is 2.31. The molecule has 22 heavy (non-hydrogen) atoms. The van der Waals surface area contributed by atoms with Gasteiger partial charge in [-0.25, -0.2) is 4.79 Å². The third-order valence-corrected chi connectivity index (χ3v) is 4.37. The van der Waals surface area contributed by atoms with Gasteiger partial charge in [-0.3, -0.25) is 4.79 Å². The van der Waals surface area contributed by atoms with Crippen LogP contribution in [0, 0.1) is 0 Å². The van der Waals surface area contributed by atoms with Crippen molar-refractivity contribution >= 4 is 11.9 Å². The van der Waals surface area contributed by atoms with E-state index in [4.69, 9.17) is 9.47 Å². The smallest absolute Gasteiger partial charge is 0.331 e. The van der Waals surface area contributed by atoms with Crippen LogP contribution in [0.25, 0.3) is 0 Å². The van der Waals surface area contributed by atoms with E-state index in [-0.39, 0.29) is 11.9 Å². The number of nitrogens with zero attached hydrogens (tertiary/aromatic N) is 1. The standard InChI is InChI=1S/C17H23NO4/c1-17(16(20)22-3)11-6-12-18(17)15(19)10-9-13-7-4-5-8-14(13)21-2/h4-5,7-8H,6,9-12H2,1-3H3/t17-/m0/s1. The predicted molar refractivity (Wildman–Crippen MR) is 82.7 cm³/mol. The van der Waals surface area contributed by atoms with Crippen LogP contribution < -0.4 is 4.74 Å². The fraction of sp³-hybridized carbons (Fsp3) is 0.529. The minimum atomic E-state index is -0.827. The van der Waals surface area contributed by atoms with Crippen LogP contribution in [0.3, 0.4) is 0 Å². The van der Waals surface area contributed by atoms with Crippen LogP contribution in [0.1, 0.15) is 31.7 Å². The Kier molecular flexibility index (Phi) is 5.06. The van der Waals surface area contributed by atoms with Crippen molar-refractivity contribution in [2.75, 3.05) is 20.8 Å². The summed E-state index contributed by atoms with van der Waals surface area (Å²) >= 11 is 0. The number of ether oxygens (including phenoxy) is 2. The molecule has 0 saturated carbocycles. The van der Waals surface area contributed by atoms with Crippen LogP contribution in [0.5, 0.6) is 5.75 Å². The maximum atomic E-state index is 12.5. The number of methoxy groups -OCH3 is 2. The lowest BCUT2D eigenvalue weighted by molar-refractivity contribution is -0.158. The van der Waals surface area contributed by atoms with Crippen LogP contribution in [0.15, 0.2) is 24.3 Å². The normalized spacial score (nSPS) is 20.8. The number of rotatable bonds is 5. The summed E-state index contributed by atoms with van der Waals surface area (Å²) in [4.78, 5) is 26.2. The Balaban J connectivity index is 2.04. The number of aryl methyl sites for hydroxylation is 1. The zero-order valence-electron chi connectivity index (χ0n) is 13.4. The van der Waals surface area contributed by atoms with E-state index in [2.05, 4.69) is 0 Å². The molecule has 0 bridgehead atoms. The van der Waals surface area contributed by atoms with Crippen LogP contribution in [-0.2, 0) is 20.7 Å². The summed E-state index contributed by atoms with van der Waals surface area (Å²) in [6.45, 7) is 2.39. The summed E-state index contributed by atoms with van der Waals surface area (Å²) < 4.78 is 10.2. The van der Waals surface area contributed by atoms with E-state index in [1.807, 2.05) is 24.3 Å². The molecular weight excluding hydrogens is 282 g/mol. The largest absolute Gasteiger partial charge is 0.496 e. The second kappa shape index (κ2) is 6.81. The quantitative estimate of drug-likeness (QED) is 0.782. The molecule has 5 heteroatoms. The molecule has 1 heterocycles. The maximum Gasteiger partial charge on any atom is 0.331 e. The number of benzene rings is 1. The van der Waals surface area contributed by atoms with Gasteiger partial charge in [-0.1, -0.05) is 18.2 Å². The van der Waals surface area contributed by atoms with Crippen molar-refractivity contribution < 1.29 is 19.1 Å². The Labute approximate surface area is 131 Å². The number of likely N-dealkylation sites (tertiary alicyclic amines) is 1. The number of carbonyl (C=O) groups is 2. The van der Waals surface area contributed by atoms with E-state index in [0.29, 0.717) is 25.8 Å². The highest BCUT2D eigenvalue weighted by Gasteiger charge is 2.46. The summed E-state index contributed by atoms with van der Waals surface area (Å²) in [6, 6.07) is 7.67. The lowest BCUT2D eigenvalue weighted by Gasteiger charge is -2.32. The average molecular weight is 305 g/mol. The van der Waals surface area contributed by atoms with Gasteiger partial charge in [-0.15, -0.1) is 0 Å². The monoisotopic (exact) mass is 305 g/mol. The fourth-order valence-electron chi connectivity index (χ4n) is 3.08. The molecule has 5 nitrogen and oxygen atoms in total. The molecule has 1 aliphatic rings. The second-order valence-electron chi connectivity index (χ2n) is 5.73. The Morgan fingerprint density at radius 3 is 2.68 bits per heavy atom. The third kappa shape index (κ3) is 3.08. The van der Waals surface area contributed by atoms with Crippen molar-refractivity contribution in [3.63, 3.8) is 0 Å². The molecule has 120 valence electrons. The van der Waals surface area contributed by atoms with Crippen molar-refractivity contribution in [3.05, 3.63) is 29.8 Å². The van der Waals surface area contributed by atoms with Crippen LogP contribution in [-0.4, -0.2) is 43.1 Å². The van der Waals surface area contributed by atoms with Gasteiger partial charge in [-0.05, 0) is 37.8 Å². The van der Waals surface area contributed by atoms with Gasteiger partial charge in [-0.2, -0.15) is 0 Å². The van der Waals surface area contributed by atoms with Gasteiger partial charge in [0.15, 0.2) is 0 Å². The number of para-hydroxylation sites is 1. The van der Waals surface area contributed by atoms with Gasteiger partial charge in [0.05, 0.1) is 14.2 Å². The third-order valence-electron chi connectivity index (χ3n) is 4.37. The molecule has 1 amide bonds. The highest BCUT2D eigenvalue weighted by atomic mass is 16.5. The minimum Gasteiger partial charge on any atom is -0.496 e. The molecule has 0 aliphatic carbocycles. The topological polar surface area (TPSA) is 55.8 Å². The Morgan fingerprint density at radius 1 is 1.27 bits per heavy atom. The van der Waals surface area contributed by atoms with Crippen molar-refractivity contribution in [3.8, 4) is 5.75 Å². The number of amides is 1. The molecule has 1 saturated heterocycles. The molecular formula is C17H23NO4. The van der Waals surface area contributed by atoms with Gasteiger partial charge in [0, 0.05) is 13.0 Å². The lowest BCUT2D eigenvalue weighted by atomic mass is 9.98. The SMILES string of the molecule is COC(=O)[C@]1(C)CCCN1C(=O)CCc1ccccc1OC. The highest BCUT2D eigenvalue weighted by molar-refractivity contribution is 5.88. The lowest BCUT2D eigenvalue weighted by Crippen LogP contribution is -2.51. The first-order valence-electron chi connectivity index (χ1n) is 7.53. The van der Waals surface area contributed by atoms with E-state index >= 15 is 0 Å². The molecule has 0 unspecified atom stereocenters. The predicted octanol–water partition coefficient (Wildman–Crippen LogP) is 2.18. The van der Waals surface area contributed by atoms with Crippen molar-refractivity contribution in [1.82, 2.24) is 4.90 Å². The molecule has 1 aliphatic heterocycles. The molecule has 1 aromatic rings. The maximum absolute atomic E-state index is 12.5. The van der Waals surface area contributed by atoms with Gasteiger partial charge in [0.1, 0.15) is 11.3 Å². The number of hydrogen-bond acceptors (Lipinski definition) is 4. The summed E-state index contributed by atoms with van der Waals surface area (Å²) in [5, 5.41) is 0. The number of carbonyl (C=O) groups excluding carboxylic acids is 2. The van der Waals surface area contributed by atoms with Gasteiger partial charge in [0.2, 0.25) is 5.91 Å². The van der Waals surface area contributed by atoms with Crippen molar-refractivity contribution in [1.29, 1.82) is 0 Å². The number of esters is 1. The zero-order valence-corrected chi connectivity index (χ0v) is 13.4. The first-order chi connectivity index (χ1) is 10.5. The first kappa shape index (κ1) is 16.3. The molecule has 0 N–H and O–H groups in total. The number of hydrogen-bond donors (Lipinski definition) is 0.